The smallest absolute Gasteiger partial charge is 0.330 e. The molecule has 3 N–H and O–H groups in total. The monoisotopic (exact) mass is 469 g/mol. The zero-order chi connectivity index (χ0) is 23.1. The average Bonchev–Trinajstić information content (AvgIpc) is 3.48. The van der Waals surface area contributed by atoms with E-state index in [-0.39, 0.29) is 34.8 Å². The highest BCUT2D eigenvalue weighted by molar-refractivity contribution is 7.99. The molecule has 0 spiro atoms. The van der Waals surface area contributed by atoms with Gasteiger partial charge in [0.05, 0.1) is 29.3 Å². The van der Waals surface area contributed by atoms with Gasteiger partial charge in [-0.2, -0.15) is 0 Å². The summed E-state index contributed by atoms with van der Waals surface area (Å²) in [7, 11) is 0. The first-order chi connectivity index (χ1) is 15.9. The Bertz CT molecular complexity index is 1420. The minimum Gasteiger partial charge on any atom is -0.384 e. The van der Waals surface area contributed by atoms with Gasteiger partial charge in [-0.05, 0) is 37.8 Å². The number of nitrogens with zero attached hydrogens (tertiary/aromatic N) is 3. The lowest BCUT2D eigenvalue weighted by atomic mass is 10.2. The summed E-state index contributed by atoms with van der Waals surface area (Å²) in [5, 5.41) is 0.858. The summed E-state index contributed by atoms with van der Waals surface area (Å²) in [4.78, 5) is 57.5. The summed E-state index contributed by atoms with van der Waals surface area (Å²) in [5.74, 6) is -0.800. The normalized spacial score (nSPS) is 18.1. The zero-order valence-corrected chi connectivity index (χ0v) is 18.6. The fourth-order valence-electron chi connectivity index (χ4n) is 4.14. The van der Waals surface area contributed by atoms with Gasteiger partial charge in [0.2, 0.25) is 0 Å². The summed E-state index contributed by atoms with van der Waals surface area (Å²) in [6.07, 6.45) is 3.22. The van der Waals surface area contributed by atoms with E-state index in [1.54, 1.807) is 24.3 Å². The lowest BCUT2D eigenvalue weighted by molar-refractivity contribution is 0.0937. The number of ether oxygens (including phenoxy) is 1. The molecule has 2 aromatic heterocycles. The summed E-state index contributed by atoms with van der Waals surface area (Å²) in [6.45, 7) is 0.989. The number of aromatic nitrogens is 4. The number of fused-ring (bicyclic) bond motifs is 1. The Kier molecular flexibility index (Phi) is 5.67. The van der Waals surface area contributed by atoms with Crippen LogP contribution in [0.1, 0.15) is 42.1 Å². The minimum absolute atomic E-state index is 0.0905. The van der Waals surface area contributed by atoms with Crippen molar-refractivity contribution < 1.29 is 9.53 Å². The van der Waals surface area contributed by atoms with Gasteiger partial charge in [0.25, 0.3) is 11.1 Å². The third kappa shape index (κ3) is 4.13. The molecular weight excluding hydrogens is 446 g/mol. The number of carbonyl (C=O) groups excluding carboxylic acids is 1. The molecule has 2 aliphatic rings. The van der Waals surface area contributed by atoms with Gasteiger partial charge in [0, 0.05) is 12.6 Å². The molecule has 0 bridgehead atoms. The third-order valence-electron chi connectivity index (χ3n) is 5.94. The van der Waals surface area contributed by atoms with Crippen LogP contribution in [0, 0.1) is 0 Å². The van der Waals surface area contributed by atoms with Gasteiger partial charge in [-0.25, -0.2) is 9.78 Å². The van der Waals surface area contributed by atoms with Crippen molar-refractivity contribution in [2.45, 2.75) is 49.5 Å². The maximum atomic E-state index is 13.2. The van der Waals surface area contributed by atoms with Gasteiger partial charge in [0.1, 0.15) is 11.4 Å². The standard InChI is InChI=1S/C22H23N5O5S/c23-18-17(19(29)25-21(31)27(18)12-7-8-12)16(28)11-33-22-24-15-6-2-1-5-14(15)20(30)26(22)10-13-4-3-9-32-13/h1-2,5-6,12-13H,3-4,7-11,23H2,(H,25,29,31). The lowest BCUT2D eigenvalue weighted by Gasteiger charge is -2.16. The van der Waals surface area contributed by atoms with Gasteiger partial charge in [-0.3, -0.25) is 28.5 Å². The molecule has 1 aromatic carbocycles. The number of nitrogens with one attached hydrogen (secondary N) is 1. The Labute approximate surface area is 191 Å². The molecule has 0 radical (unpaired) electrons. The number of nitrogens with two attached hydrogens (primary N) is 1. The molecule has 1 saturated carbocycles. The predicted octanol–water partition coefficient (Wildman–Crippen LogP) is 1.32. The van der Waals surface area contributed by atoms with Crippen LogP contribution in [0.5, 0.6) is 0 Å². The fourth-order valence-corrected chi connectivity index (χ4v) is 5.02. The number of nitrogen functional groups attached to an aromatic ring is 1. The number of Topliss-reactive ketones (excluding diaryl/α,β-unsaturated/α-hetero) is 1. The summed E-state index contributed by atoms with van der Waals surface area (Å²) >= 11 is 1.06. The average molecular weight is 470 g/mol. The largest absolute Gasteiger partial charge is 0.384 e. The van der Waals surface area contributed by atoms with Crippen molar-refractivity contribution in [1.29, 1.82) is 0 Å². The lowest BCUT2D eigenvalue weighted by Crippen LogP contribution is -2.36. The number of hydrogen-bond acceptors (Lipinski definition) is 8. The number of hydrogen-bond donors (Lipinski definition) is 2. The second kappa shape index (κ2) is 8.64. The molecule has 1 unspecified atom stereocenters. The number of aromatic amines is 1. The van der Waals surface area contributed by atoms with Crippen molar-refractivity contribution in [3.8, 4) is 0 Å². The second-order valence-corrected chi connectivity index (χ2v) is 9.24. The molecule has 0 amide bonds. The van der Waals surface area contributed by atoms with Crippen molar-refractivity contribution >= 4 is 34.3 Å². The Morgan fingerprint density at radius 3 is 2.73 bits per heavy atom. The molecule has 1 aliphatic heterocycles. The van der Waals surface area contributed by atoms with E-state index >= 15 is 0 Å². The van der Waals surface area contributed by atoms with E-state index in [1.807, 2.05) is 0 Å². The first kappa shape index (κ1) is 21.7. The molecule has 5 rings (SSSR count). The number of thioether (sulfide) groups is 1. The van der Waals surface area contributed by atoms with E-state index in [9.17, 15) is 19.2 Å². The molecular formula is C22H23N5O5S. The molecule has 2 fully saturated rings. The SMILES string of the molecule is Nc1c(C(=O)CSc2nc3ccccc3c(=O)n2CC2CCCO2)c(=O)[nH]c(=O)n1C1CC1. The summed E-state index contributed by atoms with van der Waals surface area (Å²) < 4.78 is 8.52. The van der Waals surface area contributed by atoms with Crippen LogP contribution in [0.4, 0.5) is 5.82 Å². The van der Waals surface area contributed by atoms with Gasteiger partial charge in [-0.1, -0.05) is 23.9 Å². The van der Waals surface area contributed by atoms with Crippen LogP contribution in [0.25, 0.3) is 10.9 Å². The van der Waals surface area contributed by atoms with Gasteiger partial charge < -0.3 is 10.5 Å². The number of H-pyrrole nitrogens is 1. The maximum absolute atomic E-state index is 13.2. The van der Waals surface area contributed by atoms with Crippen molar-refractivity contribution in [3.05, 3.63) is 61.0 Å². The summed E-state index contributed by atoms with van der Waals surface area (Å²) in [6, 6.07) is 6.94. The van der Waals surface area contributed by atoms with E-state index in [1.165, 1.54) is 9.13 Å². The van der Waals surface area contributed by atoms with Crippen LogP contribution < -0.4 is 22.5 Å². The zero-order valence-electron chi connectivity index (χ0n) is 17.8. The Balaban J connectivity index is 1.48. The van der Waals surface area contributed by atoms with E-state index in [2.05, 4.69) is 9.97 Å². The van der Waals surface area contributed by atoms with Gasteiger partial charge in [-0.15, -0.1) is 0 Å². The Morgan fingerprint density at radius 1 is 1.21 bits per heavy atom. The maximum Gasteiger partial charge on any atom is 0.330 e. The molecule has 10 nitrogen and oxygen atoms in total. The quantitative estimate of drug-likeness (QED) is 0.300. The van der Waals surface area contributed by atoms with Crippen LogP contribution in [0.15, 0.2) is 43.8 Å². The molecule has 3 heterocycles. The molecule has 172 valence electrons. The molecule has 1 atom stereocenters. The summed E-state index contributed by atoms with van der Waals surface area (Å²) in [5.41, 5.74) is 4.74. The highest BCUT2D eigenvalue weighted by atomic mass is 32.2. The van der Waals surface area contributed by atoms with Crippen molar-refractivity contribution in [2.24, 2.45) is 0 Å². The predicted molar refractivity (Wildman–Crippen MR) is 124 cm³/mol. The van der Waals surface area contributed by atoms with Crippen LogP contribution in [0.3, 0.4) is 0 Å². The first-order valence-corrected chi connectivity index (χ1v) is 11.8. The molecule has 33 heavy (non-hydrogen) atoms. The van der Waals surface area contributed by atoms with Crippen LogP contribution in [-0.2, 0) is 11.3 Å². The van der Waals surface area contributed by atoms with Gasteiger partial charge in [0.15, 0.2) is 10.9 Å². The van der Waals surface area contributed by atoms with E-state index in [4.69, 9.17) is 10.5 Å². The van der Waals surface area contributed by atoms with Crippen molar-refractivity contribution in [2.75, 3.05) is 18.1 Å². The number of anilines is 1. The first-order valence-electron chi connectivity index (χ1n) is 10.9. The van der Waals surface area contributed by atoms with Crippen LogP contribution >= 0.6 is 11.8 Å². The number of ketones is 1. The fraction of sp³-hybridized carbons (Fsp3) is 0.409. The highest BCUT2D eigenvalue weighted by Gasteiger charge is 2.30. The molecule has 1 aliphatic carbocycles. The number of rotatable bonds is 7. The van der Waals surface area contributed by atoms with Crippen LogP contribution in [-0.4, -0.2) is 43.3 Å². The number of para-hydroxylation sites is 1. The van der Waals surface area contributed by atoms with E-state index in [0.717, 1.165) is 37.4 Å². The second-order valence-electron chi connectivity index (χ2n) is 8.29. The van der Waals surface area contributed by atoms with Crippen LogP contribution in [0.2, 0.25) is 0 Å². The third-order valence-corrected chi connectivity index (χ3v) is 6.92. The van der Waals surface area contributed by atoms with E-state index in [0.29, 0.717) is 29.2 Å². The minimum atomic E-state index is -0.803. The Morgan fingerprint density at radius 2 is 2.00 bits per heavy atom. The highest BCUT2D eigenvalue weighted by Crippen LogP contribution is 2.35. The Hall–Kier alpha value is -3.18. The molecule has 1 saturated heterocycles. The molecule has 3 aromatic rings. The van der Waals surface area contributed by atoms with E-state index < -0.39 is 17.0 Å². The van der Waals surface area contributed by atoms with Gasteiger partial charge >= 0.3 is 5.69 Å². The topological polar surface area (TPSA) is 142 Å². The number of benzene rings is 1. The van der Waals surface area contributed by atoms with Crippen molar-refractivity contribution in [1.82, 2.24) is 19.1 Å². The van der Waals surface area contributed by atoms with Crippen molar-refractivity contribution in [3.63, 3.8) is 0 Å². The molecule has 11 heteroatoms. The number of carbonyl (C=O) groups is 1.